The third kappa shape index (κ3) is 3.73. The van der Waals surface area contributed by atoms with Crippen molar-refractivity contribution in [2.75, 3.05) is 6.61 Å². The van der Waals surface area contributed by atoms with Crippen molar-refractivity contribution >= 4 is 5.97 Å². The highest BCUT2D eigenvalue weighted by Gasteiger charge is 2.45. The number of hydrogen-bond donors (Lipinski definition) is 0. The standard InChI is InChI=1S/C19H32O3/c1-6-7-10-18(4)13-19(5,11-8-14(18)2)22-15(3)16-9-12-21-17(16)20/h9,14-15H,6-8,10-13H2,1-5H3/t14?,15?,18-,19?/m0/s1. The summed E-state index contributed by atoms with van der Waals surface area (Å²) in [5.41, 5.74) is 0.890. The van der Waals surface area contributed by atoms with Crippen LogP contribution in [-0.2, 0) is 14.3 Å². The summed E-state index contributed by atoms with van der Waals surface area (Å²) in [6.07, 6.45) is 8.83. The maximum absolute atomic E-state index is 11.7. The fourth-order valence-corrected chi connectivity index (χ4v) is 4.20. The minimum Gasteiger partial charge on any atom is -0.458 e. The molecule has 2 rings (SSSR count). The van der Waals surface area contributed by atoms with Gasteiger partial charge in [0.15, 0.2) is 0 Å². The summed E-state index contributed by atoms with van der Waals surface area (Å²) >= 11 is 0. The lowest BCUT2D eigenvalue weighted by atomic mass is 9.61. The van der Waals surface area contributed by atoms with Crippen LogP contribution in [0.3, 0.4) is 0 Å². The first-order chi connectivity index (χ1) is 10.3. The fraction of sp³-hybridized carbons (Fsp3) is 0.842. The van der Waals surface area contributed by atoms with Gasteiger partial charge in [0.05, 0.1) is 17.3 Å². The van der Waals surface area contributed by atoms with E-state index in [0.29, 0.717) is 17.6 Å². The molecule has 0 amide bonds. The van der Waals surface area contributed by atoms with Gasteiger partial charge in [-0.05, 0) is 56.9 Å². The second kappa shape index (κ2) is 6.74. The number of unbranched alkanes of at least 4 members (excludes halogenated alkanes) is 1. The Morgan fingerprint density at radius 1 is 1.45 bits per heavy atom. The van der Waals surface area contributed by atoms with E-state index in [1.54, 1.807) is 0 Å². The molecule has 0 radical (unpaired) electrons. The summed E-state index contributed by atoms with van der Waals surface area (Å²) in [5, 5.41) is 0. The van der Waals surface area contributed by atoms with E-state index >= 15 is 0 Å². The number of hydrogen-bond acceptors (Lipinski definition) is 3. The SMILES string of the molecule is CCCC[C@@]1(C)CC(C)(OC(C)C2=CCOC2=O)CCC1C. The molecule has 0 aromatic carbocycles. The molecule has 2 aliphatic rings. The van der Waals surface area contributed by atoms with Crippen molar-refractivity contribution in [3.8, 4) is 0 Å². The smallest absolute Gasteiger partial charge is 0.336 e. The summed E-state index contributed by atoms with van der Waals surface area (Å²) in [7, 11) is 0. The molecule has 0 aromatic heterocycles. The van der Waals surface area contributed by atoms with Crippen molar-refractivity contribution in [3.05, 3.63) is 11.6 Å². The van der Waals surface area contributed by atoms with Crippen LogP contribution in [0.4, 0.5) is 0 Å². The summed E-state index contributed by atoms with van der Waals surface area (Å²) in [5.74, 6) is 0.524. The molecule has 0 spiro atoms. The van der Waals surface area contributed by atoms with Crippen LogP contribution in [0, 0.1) is 11.3 Å². The zero-order valence-electron chi connectivity index (χ0n) is 14.9. The first-order valence-electron chi connectivity index (χ1n) is 8.85. The molecule has 3 nitrogen and oxygen atoms in total. The first-order valence-corrected chi connectivity index (χ1v) is 8.85. The lowest BCUT2D eigenvalue weighted by Gasteiger charge is -2.49. The van der Waals surface area contributed by atoms with Crippen LogP contribution < -0.4 is 0 Å². The topological polar surface area (TPSA) is 35.5 Å². The van der Waals surface area contributed by atoms with Crippen molar-refractivity contribution in [3.63, 3.8) is 0 Å². The Bertz CT molecular complexity index is 442. The summed E-state index contributed by atoms with van der Waals surface area (Å²) < 4.78 is 11.4. The molecule has 0 aromatic rings. The maximum Gasteiger partial charge on any atom is 0.336 e. The van der Waals surface area contributed by atoms with Crippen molar-refractivity contribution in [1.29, 1.82) is 0 Å². The van der Waals surface area contributed by atoms with E-state index in [1.165, 1.54) is 25.7 Å². The van der Waals surface area contributed by atoms with E-state index in [-0.39, 0.29) is 17.7 Å². The molecule has 1 saturated carbocycles. The molecule has 1 fully saturated rings. The van der Waals surface area contributed by atoms with Crippen LogP contribution in [-0.4, -0.2) is 24.3 Å². The molecule has 1 aliphatic heterocycles. The molecular weight excluding hydrogens is 276 g/mol. The largest absolute Gasteiger partial charge is 0.458 e. The van der Waals surface area contributed by atoms with Crippen molar-refractivity contribution in [2.24, 2.45) is 11.3 Å². The lowest BCUT2D eigenvalue weighted by Crippen LogP contribution is -2.46. The highest BCUT2D eigenvalue weighted by atomic mass is 16.5. The monoisotopic (exact) mass is 308 g/mol. The quantitative estimate of drug-likeness (QED) is 0.670. The third-order valence-corrected chi connectivity index (χ3v) is 5.83. The second-order valence-corrected chi connectivity index (χ2v) is 7.84. The van der Waals surface area contributed by atoms with Crippen molar-refractivity contribution < 1.29 is 14.3 Å². The molecule has 22 heavy (non-hydrogen) atoms. The minimum atomic E-state index is -0.214. The second-order valence-electron chi connectivity index (χ2n) is 7.84. The van der Waals surface area contributed by atoms with Gasteiger partial charge in [0.1, 0.15) is 6.61 Å². The van der Waals surface area contributed by atoms with Gasteiger partial charge in [-0.2, -0.15) is 0 Å². The zero-order valence-corrected chi connectivity index (χ0v) is 14.9. The Balaban J connectivity index is 2.04. The van der Waals surface area contributed by atoms with Crippen LogP contribution in [0.1, 0.15) is 73.1 Å². The number of esters is 1. The van der Waals surface area contributed by atoms with E-state index in [1.807, 2.05) is 13.0 Å². The molecule has 1 aliphatic carbocycles. The van der Waals surface area contributed by atoms with E-state index < -0.39 is 0 Å². The highest BCUT2D eigenvalue weighted by molar-refractivity contribution is 5.91. The van der Waals surface area contributed by atoms with Gasteiger partial charge >= 0.3 is 5.97 Å². The van der Waals surface area contributed by atoms with Gasteiger partial charge < -0.3 is 9.47 Å². The number of rotatable bonds is 6. The molecule has 0 bridgehead atoms. The van der Waals surface area contributed by atoms with E-state index in [9.17, 15) is 4.79 Å². The number of cyclic esters (lactones) is 1. The summed E-state index contributed by atoms with van der Waals surface area (Å²) in [6.45, 7) is 11.7. The highest BCUT2D eigenvalue weighted by Crippen LogP contribution is 2.50. The normalized spacial score (nSPS) is 36.9. The Morgan fingerprint density at radius 3 is 2.77 bits per heavy atom. The average Bonchev–Trinajstić information content (AvgIpc) is 2.87. The number of ether oxygens (including phenoxy) is 2. The maximum atomic E-state index is 11.7. The zero-order chi connectivity index (χ0) is 16.4. The summed E-state index contributed by atoms with van der Waals surface area (Å²) in [4.78, 5) is 11.7. The minimum absolute atomic E-state index is 0.141. The summed E-state index contributed by atoms with van der Waals surface area (Å²) in [6, 6.07) is 0. The number of carbonyl (C=O) groups is 1. The van der Waals surface area contributed by atoms with E-state index in [4.69, 9.17) is 9.47 Å². The van der Waals surface area contributed by atoms with Crippen LogP contribution in [0.25, 0.3) is 0 Å². The molecule has 4 atom stereocenters. The van der Waals surface area contributed by atoms with Crippen molar-refractivity contribution in [2.45, 2.75) is 84.8 Å². The molecular formula is C19H32O3. The molecule has 0 saturated heterocycles. The third-order valence-electron chi connectivity index (χ3n) is 5.83. The predicted octanol–water partition coefficient (Wildman–Crippen LogP) is 4.65. The molecule has 3 unspecified atom stereocenters. The van der Waals surface area contributed by atoms with Gasteiger partial charge in [-0.25, -0.2) is 4.79 Å². The molecule has 1 heterocycles. The van der Waals surface area contributed by atoms with E-state index in [0.717, 1.165) is 18.8 Å². The Hall–Kier alpha value is -0.830. The Labute approximate surface area is 135 Å². The van der Waals surface area contributed by atoms with Gasteiger partial charge in [0.2, 0.25) is 0 Å². The molecule has 3 heteroatoms. The van der Waals surface area contributed by atoms with Gasteiger partial charge in [-0.1, -0.05) is 33.6 Å². The fourth-order valence-electron chi connectivity index (χ4n) is 4.20. The first kappa shape index (κ1) is 17.5. The van der Waals surface area contributed by atoms with Crippen molar-refractivity contribution in [1.82, 2.24) is 0 Å². The predicted molar refractivity (Wildman–Crippen MR) is 88.6 cm³/mol. The van der Waals surface area contributed by atoms with Gasteiger partial charge in [0.25, 0.3) is 0 Å². The van der Waals surface area contributed by atoms with Crippen LogP contribution in [0.15, 0.2) is 11.6 Å². The average molecular weight is 308 g/mol. The van der Waals surface area contributed by atoms with Crippen LogP contribution in [0.5, 0.6) is 0 Å². The molecule has 126 valence electrons. The van der Waals surface area contributed by atoms with E-state index in [2.05, 4.69) is 27.7 Å². The van der Waals surface area contributed by atoms with Gasteiger partial charge in [-0.3, -0.25) is 0 Å². The Kier molecular flexibility index (Phi) is 5.37. The molecule has 0 N–H and O–H groups in total. The van der Waals surface area contributed by atoms with Crippen LogP contribution in [0.2, 0.25) is 0 Å². The van der Waals surface area contributed by atoms with Gasteiger partial charge in [-0.15, -0.1) is 0 Å². The number of carbonyl (C=O) groups excluding carboxylic acids is 1. The van der Waals surface area contributed by atoms with Gasteiger partial charge in [0, 0.05) is 0 Å². The lowest BCUT2D eigenvalue weighted by molar-refractivity contribution is -0.143. The van der Waals surface area contributed by atoms with Crippen LogP contribution >= 0.6 is 0 Å². The Morgan fingerprint density at radius 2 is 2.18 bits per heavy atom.